The minimum atomic E-state index is -0.784. The van der Waals surface area contributed by atoms with Gasteiger partial charge in [-0.25, -0.2) is 4.79 Å². The molecule has 1 aromatic carbocycles. The highest BCUT2D eigenvalue weighted by molar-refractivity contribution is 7.99. The molecule has 2 aliphatic rings. The summed E-state index contributed by atoms with van der Waals surface area (Å²) in [4.78, 5) is 37.9. The van der Waals surface area contributed by atoms with Gasteiger partial charge in [0.05, 0.1) is 6.54 Å². The lowest BCUT2D eigenvalue weighted by Crippen LogP contribution is -2.47. The summed E-state index contributed by atoms with van der Waals surface area (Å²) in [6.07, 6.45) is 1.54. The van der Waals surface area contributed by atoms with Crippen molar-refractivity contribution in [3.8, 4) is 0 Å². The quantitative estimate of drug-likeness (QED) is 0.680. The van der Waals surface area contributed by atoms with E-state index in [4.69, 9.17) is 0 Å². The van der Waals surface area contributed by atoms with Crippen LogP contribution in [0.15, 0.2) is 24.3 Å². The van der Waals surface area contributed by atoms with Crippen LogP contribution in [-0.2, 0) is 11.2 Å². The lowest BCUT2D eigenvalue weighted by atomic mass is 9.99. The van der Waals surface area contributed by atoms with E-state index in [1.54, 1.807) is 23.9 Å². The Morgan fingerprint density at radius 3 is 2.64 bits per heavy atom. The highest BCUT2D eigenvalue weighted by Gasteiger charge is 2.53. The molecule has 0 saturated carbocycles. The molecule has 1 N–H and O–H groups in total. The predicted octanol–water partition coefficient (Wildman–Crippen LogP) is 1.86. The van der Waals surface area contributed by atoms with E-state index >= 15 is 0 Å². The Bertz CT molecular complexity index is 621. The van der Waals surface area contributed by atoms with Crippen LogP contribution in [0.3, 0.4) is 0 Å². The van der Waals surface area contributed by atoms with Crippen molar-refractivity contribution in [1.29, 1.82) is 0 Å². The van der Waals surface area contributed by atoms with Crippen molar-refractivity contribution < 1.29 is 14.4 Å². The number of nitrogens with one attached hydrogen (secondary N) is 1. The fourth-order valence-corrected chi connectivity index (χ4v) is 4.14. The Kier molecular flexibility index (Phi) is 3.95. The molecule has 0 bridgehead atoms. The maximum atomic E-state index is 12.5. The fraction of sp³-hybridized carbons (Fsp3) is 0.438. The fourth-order valence-electron chi connectivity index (χ4n) is 2.81. The number of rotatable bonds is 4. The molecule has 0 aliphatic carbocycles. The largest absolute Gasteiger partial charge is 0.325 e. The normalized spacial score (nSPS) is 24.1. The Morgan fingerprint density at radius 2 is 2.05 bits per heavy atom. The van der Waals surface area contributed by atoms with E-state index in [-0.39, 0.29) is 18.2 Å². The van der Waals surface area contributed by atoms with E-state index in [2.05, 4.69) is 5.32 Å². The molecule has 3 rings (SSSR count). The van der Waals surface area contributed by atoms with Crippen LogP contribution in [0, 0.1) is 0 Å². The van der Waals surface area contributed by atoms with Crippen molar-refractivity contribution in [2.45, 2.75) is 25.3 Å². The Labute approximate surface area is 133 Å². The maximum absolute atomic E-state index is 12.5. The molecule has 0 aromatic heterocycles. The first-order valence-corrected chi connectivity index (χ1v) is 8.55. The molecule has 2 aliphatic heterocycles. The van der Waals surface area contributed by atoms with Gasteiger partial charge >= 0.3 is 6.03 Å². The molecule has 6 heteroatoms. The predicted molar refractivity (Wildman–Crippen MR) is 85.1 cm³/mol. The summed E-state index contributed by atoms with van der Waals surface area (Å²) in [5, 5.41) is 2.77. The molecule has 5 nitrogen and oxygen atoms in total. The first-order chi connectivity index (χ1) is 10.6. The molecule has 22 heavy (non-hydrogen) atoms. The highest BCUT2D eigenvalue weighted by Crippen LogP contribution is 2.33. The van der Waals surface area contributed by atoms with E-state index in [1.165, 1.54) is 0 Å². The monoisotopic (exact) mass is 318 g/mol. The van der Waals surface area contributed by atoms with Gasteiger partial charge in [0, 0.05) is 11.3 Å². The number of Topliss-reactive ketones (excluding diaryl/α,β-unsaturated/α-hetero) is 1. The number of carbonyl (C=O) groups excluding carboxylic acids is 3. The van der Waals surface area contributed by atoms with Gasteiger partial charge in [0.15, 0.2) is 5.78 Å². The molecule has 1 atom stereocenters. The second-order valence-electron chi connectivity index (χ2n) is 5.68. The third-order valence-corrected chi connectivity index (χ3v) is 5.44. The van der Waals surface area contributed by atoms with Crippen LogP contribution in [0.5, 0.6) is 0 Å². The van der Waals surface area contributed by atoms with E-state index in [9.17, 15) is 14.4 Å². The van der Waals surface area contributed by atoms with Crippen molar-refractivity contribution in [2.24, 2.45) is 0 Å². The van der Waals surface area contributed by atoms with Crippen LogP contribution >= 0.6 is 11.8 Å². The van der Waals surface area contributed by atoms with Gasteiger partial charge in [-0.2, -0.15) is 11.8 Å². The first kappa shape index (κ1) is 15.1. The average Bonchev–Trinajstić information content (AvgIpc) is 3.09. The van der Waals surface area contributed by atoms with Gasteiger partial charge in [-0.15, -0.1) is 0 Å². The Morgan fingerprint density at radius 1 is 1.32 bits per heavy atom. The smallest absolute Gasteiger partial charge is 0.322 e. The average molecular weight is 318 g/mol. The zero-order valence-electron chi connectivity index (χ0n) is 12.4. The number of benzene rings is 1. The van der Waals surface area contributed by atoms with Gasteiger partial charge < -0.3 is 5.32 Å². The van der Waals surface area contributed by atoms with E-state index in [0.29, 0.717) is 17.7 Å². The molecule has 0 radical (unpaired) electrons. The Balaban J connectivity index is 1.73. The molecule has 2 heterocycles. The summed E-state index contributed by atoms with van der Waals surface area (Å²) < 4.78 is 0. The number of carbonyl (C=O) groups is 3. The topological polar surface area (TPSA) is 66.5 Å². The van der Waals surface area contributed by atoms with Gasteiger partial charge in [-0.3, -0.25) is 14.5 Å². The second-order valence-corrected chi connectivity index (χ2v) is 6.78. The highest BCUT2D eigenvalue weighted by atomic mass is 32.2. The standard InChI is InChI=1S/C16H18N2O3S/c1-2-11-3-5-12(6-4-11)13(19)9-18-14(20)16(17-15(18)21)7-8-22-10-16/h3-6H,2,7-10H2,1H3,(H,17,21). The lowest BCUT2D eigenvalue weighted by Gasteiger charge is -2.18. The van der Waals surface area contributed by atoms with E-state index in [0.717, 1.165) is 22.6 Å². The molecule has 2 fully saturated rings. The number of urea groups is 1. The third kappa shape index (κ3) is 2.52. The second kappa shape index (κ2) is 5.76. The van der Waals surface area contributed by atoms with Crippen LogP contribution in [0.1, 0.15) is 29.3 Å². The van der Waals surface area contributed by atoms with E-state index < -0.39 is 11.6 Å². The van der Waals surface area contributed by atoms with E-state index in [1.807, 2.05) is 19.1 Å². The number of aryl methyl sites for hydroxylation is 1. The minimum absolute atomic E-state index is 0.192. The number of hydrogen-bond donors (Lipinski definition) is 1. The van der Waals surface area contributed by atoms with Crippen molar-refractivity contribution in [2.75, 3.05) is 18.1 Å². The van der Waals surface area contributed by atoms with Crippen molar-refractivity contribution >= 4 is 29.5 Å². The molecule has 1 aromatic rings. The SMILES string of the molecule is CCc1ccc(C(=O)CN2C(=O)NC3(CCSC3)C2=O)cc1. The number of imide groups is 1. The minimum Gasteiger partial charge on any atom is -0.322 e. The number of ketones is 1. The summed E-state index contributed by atoms with van der Waals surface area (Å²) in [7, 11) is 0. The Hall–Kier alpha value is -1.82. The van der Waals surface area contributed by atoms with Gasteiger partial charge in [0.1, 0.15) is 5.54 Å². The molecular formula is C16H18N2O3S. The molecule has 116 valence electrons. The van der Waals surface area contributed by atoms with Crippen molar-refractivity contribution in [3.05, 3.63) is 35.4 Å². The number of nitrogens with zero attached hydrogens (tertiary/aromatic N) is 1. The molecular weight excluding hydrogens is 300 g/mol. The zero-order chi connectivity index (χ0) is 15.7. The van der Waals surface area contributed by atoms with Crippen molar-refractivity contribution in [3.63, 3.8) is 0 Å². The molecule has 3 amide bonds. The third-order valence-electron chi connectivity index (χ3n) is 4.25. The lowest BCUT2D eigenvalue weighted by molar-refractivity contribution is -0.130. The summed E-state index contributed by atoms with van der Waals surface area (Å²) in [5.74, 6) is 0.967. The number of thioether (sulfide) groups is 1. The number of amides is 3. The number of hydrogen-bond acceptors (Lipinski definition) is 4. The van der Waals surface area contributed by atoms with Gasteiger partial charge in [0.2, 0.25) is 0 Å². The van der Waals surface area contributed by atoms with Crippen LogP contribution < -0.4 is 5.32 Å². The summed E-state index contributed by atoms with van der Waals surface area (Å²) in [6, 6.07) is 6.84. The first-order valence-electron chi connectivity index (χ1n) is 7.40. The zero-order valence-corrected chi connectivity index (χ0v) is 13.2. The van der Waals surface area contributed by atoms with Gasteiger partial charge in [0.25, 0.3) is 5.91 Å². The van der Waals surface area contributed by atoms with Crippen LogP contribution in [0.4, 0.5) is 4.79 Å². The maximum Gasteiger partial charge on any atom is 0.325 e. The van der Waals surface area contributed by atoms with Crippen LogP contribution in [-0.4, -0.2) is 46.2 Å². The molecule has 2 saturated heterocycles. The van der Waals surface area contributed by atoms with Crippen LogP contribution in [0.2, 0.25) is 0 Å². The summed E-state index contributed by atoms with van der Waals surface area (Å²) in [6.45, 7) is 1.85. The summed E-state index contributed by atoms with van der Waals surface area (Å²) >= 11 is 1.65. The summed E-state index contributed by atoms with van der Waals surface area (Å²) in [5.41, 5.74) is 0.890. The van der Waals surface area contributed by atoms with Gasteiger partial charge in [-0.05, 0) is 24.2 Å². The molecule has 1 spiro atoms. The van der Waals surface area contributed by atoms with Crippen LogP contribution in [0.25, 0.3) is 0 Å². The van der Waals surface area contributed by atoms with Gasteiger partial charge in [-0.1, -0.05) is 31.2 Å². The van der Waals surface area contributed by atoms with Crippen molar-refractivity contribution in [1.82, 2.24) is 10.2 Å². The molecule has 1 unspecified atom stereocenters.